The Hall–Kier alpha value is -3.19. The number of fused-ring (bicyclic) bond motifs is 1. The first-order chi connectivity index (χ1) is 13.4. The maximum atomic E-state index is 13.7. The zero-order chi connectivity index (χ0) is 19.7. The number of hydrogen-bond donors (Lipinski definition) is 0. The molecule has 0 saturated carbocycles. The van der Waals surface area contributed by atoms with Gasteiger partial charge in [-0.05, 0) is 54.8 Å². The lowest BCUT2D eigenvalue weighted by molar-refractivity contribution is 0.590. The van der Waals surface area contributed by atoms with E-state index in [2.05, 4.69) is 10.2 Å². The summed E-state index contributed by atoms with van der Waals surface area (Å²) in [7, 11) is -3.87. The first kappa shape index (κ1) is 18.2. The maximum absolute atomic E-state index is 13.7. The van der Waals surface area contributed by atoms with Gasteiger partial charge in [0.1, 0.15) is 11.2 Å². The van der Waals surface area contributed by atoms with Gasteiger partial charge in [-0.15, -0.1) is 10.2 Å². The highest BCUT2D eigenvalue weighted by molar-refractivity contribution is 7.93. The standard InChI is InChI=1S/C21H20N4O2S/c1-16-11-17(2)13-19(12-16)25(14-18-7-4-3-5-8-18)28(26,27)20-9-6-10-24-15-22-23-21(20)24/h3-13,15H,14H2,1-2H3. The van der Waals surface area contributed by atoms with Crippen LogP contribution in [0.3, 0.4) is 0 Å². The zero-order valence-corrected chi connectivity index (χ0v) is 16.5. The molecule has 4 aromatic rings. The highest BCUT2D eigenvalue weighted by Crippen LogP contribution is 2.29. The smallest absolute Gasteiger partial charge is 0.268 e. The molecule has 7 heteroatoms. The van der Waals surface area contributed by atoms with Gasteiger partial charge >= 0.3 is 0 Å². The van der Waals surface area contributed by atoms with Crippen molar-refractivity contribution in [3.05, 3.63) is 89.9 Å². The van der Waals surface area contributed by atoms with Gasteiger partial charge in [0.2, 0.25) is 0 Å². The Kier molecular flexibility index (Phi) is 4.60. The SMILES string of the molecule is Cc1cc(C)cc(N(Cc2ccccc2)S(=O)(=O)c2cccn3cnnc23)c1. The van der Waals surface area contributed by atoms with E-state index in [1.807, 2.05) is 62.4 Å². The Bertz CT molecular complexity index is 1210. The molecule has 0 saturated heterocycles. The Morgan fingerprint density at radius 2 is 1.68 bits per heavy atom. The molecule has 0 unspecified atom stereocenters. The molecule has 0 bridgehead atoms. The minimum absolute atomic E-state index is 0.127. The topological polar surface area (TPSA) is 67.6 Å². The summed E-state index contributed by atoms with van der Waals surface area (Å²) in [6, 6.07) is 18.6. The molecule has 142 valence electrons. The summed E-state index contributed by atoms with van der Waals surface area (Å²) in [5.41, 5.74) is 3.85. The van der Waals surface area contributed by atoms with Crippen molar-refractivity contribution in [2.45, 2.75) is 25.3 Å². The van der Waals surface area contributed by atoms with Crippen molar-refractivity contribution >= 4 is 21.4 Å². The Morgan fingerprint density at radius 1 is 0.964 bits per heavy atom. The molecule has 6 nitrogen and oxygen atoms in total. The molecular weight excluding hydrogens is 372 g/mol. The van der Waals surface area contributed by atoms with Crippen molar-refractivity contribution in [2.75, 3.05) is 4.31 Å². The first-order valence-corrected chi connectivity index (χ1v) is 10.3. The minimum Gasteiger partial charge on any atom is -0.288 e. The molecule has 0 atom stereocenters. The van der Waals surface area contributed by atoms with Gasteiger partial charge in [-0.2, -0.15) is 0 Å². The number of hydrogen-bond acceptors (Lipinski definition) is 4. The lowest BCUT2D eigenvalue weighted by Crippen LogP contribution is -2.31. The number of anilines is 1. The molecule has 0 fully saturated rings. The monoisotopic (exact) mass is 392 g/mol. The lowest BCUT2D eigenvalue weighted by Gasteiger charge is -2.25. The molecule has 4 rings (SSSR count). The van der Waals surface area contributed by atoms with E-state index in [1.54, 1.807) is 22.7 Å². The molecule has 2 aromatic heterocycles. The second-order valence-corrected chi connectivity index (χ2v) is 8.61. The van der Waals surface area contributed by atoms with E-state index in [4.69, 9.17) is 0 Å². The summed E-state index contributed by atoms with van der Waals surface area (Å²) >= 11 is 0. The number of sulfonamides is 1. The van der Waals surface area contributed by atoms with Crippen molar-refractivity contribution in [1.29, 1.82) is 0 Å². The average Bonchev–Trinajstić information content (AvgIpc) is 3.14. The first-order valence-electron chi connectivity index (χ1n) is 8.88. The quantitative estimate of drug-likeness (QED) is 0.519. The third-order valence-corrected chi connectivity index (χ3v) is 6.31. The summed E-state index contributed by atoms with van der Waals surface area (Å²) in [5, 5.41) is 7.86. The lowest BCUT2D eigenvalue weighted by atomic mass is 10.1. The molecule has 0 amide bonds. The predicted octanol–water partition coefficient (Wildman–Crippen LogP) is 3.74. The second-order valence-electron chi connectivity index (χ2n) is 6.78. The van der Waals surface area contributed by atoms with Crippen molar-refractivity contribution in [2.24, 2.45) is 0 Å². The number of pyridine rings is 1. The number of aromatic nitrogens is 3. The largest absolute Gasteiger partial charge is 0.288 e. The molecule has 0 spiro atoms. The van der Waals surface area contributed by atoms with Gasteiger partial charge < -0.3 is 0 Å². The fourth-order valence-corrected chi connectivity index (χ4v) is 4.87. The van der Waals surface area contributed by atoms with E-state index in [-0.39, 0.29) is 11.4 Å². The van der Waals surface area contributed by atoms with Crippen LogP contribution < -0.4 is 4.31 Å². The van der Waals surface area contributed by atoms with Gasteiger partial charge in [-0.1, -0.05) is 36.4 Å². The number of nitrogens with zero attached hydrogens (tertiary/aromatic N) is 4. The molecule has 2 heterocycles. The van der Waals surface area contributed by atoms with Gasteiger partial charge in [0.25, 0.3) is 10.0 Å². The van der Waals surface area contributed by atoms with Crippen LogP contribution in [0.2, 0.25) is 0 Å². The number of rotatable bonds is 5. The summed E-state index contributed by atoms with van der Waals surface area (Å²) in [5.74, 6) is 0. The van der Waals surface area contributed by atoms with Crippen LogP contribution in [0.25, 0.3) is 5.65 Å². The summed E-state index contributed by atoms with van der Waals surface area (Å²) in [6.45, 7) is 4.15. The molecular formula is C21H20N4O2S. The Balaban J connectivity index is 1.90. The molecule has 0 aliphatic rings. The molecule has 0 aliphatic carbocycles. The van der Waals surface area contributed by atoms with Crippen LogP contribution in [0.5, 0.6) is 0 Å². The van der Waals surface area contributed by atoms with E-state index in [9.17, 15) is 8.42 Å². The highest BCUT2D eigenvalue weighted by Gasteiger charge is 2.28. The van der Waals surface area contributed by atoms with E-state index in [0.29, 0.717) is 11.3 Å². The van der Waals surface area contributed by atoms with Crippen molar-refractivity contribution < 1.29 is 8.42 Å². The van der Waals surface area contributed by atoms with Gasteiger partial charge in [-0.3, -0.25) is 8.71 Å². The van der Waals surface area contributed by atoms with E-state index in [1.165, 1.54) is 10.6 Å². The zero-order valence-electron chi connectivity index (χ0n) is 15.6. The van der Waals surface area contributed by atoms with Crippen molar-refractivity contribution in [3.8, 4) is 0 Å². The van der Waals surface area contributed by atoms with Gasteiger partial charge in [0.15, 0.2) is 5.65 Å². The fraction of sp³-hybridized carbons (Fsp3) is 0.143. The summed E-state index contributed by atoms with van der Waals surface area (Å²) < 4.78 is 30.5. The third-order valence-electron chi connectivity index (χ3n) is 4.52. The minimum atomic E-state index is -3.87. The number of aryl methyl sites for hydroxylation is 2. The Labute approximate surface area is 164 Å². The predicted molar refractivity (Wildman–Crippen MR) is 109 cm³/mol. The van der Waals surface area contributed by atoms with Crippen LogP contribution in [0.4, 0.5) is 5.69 Å². The van der Waals surface area contributed by atoms with E-state index in [0.717, 1.165) is 16.7 Å². The van der Waals surface area contributed by atoms with Crippen LogP contribution >= 0.6 is 0 Å². The van der Waals surface area contributed by atoms with Crippen molar-refractivity contribution in [3.63, 3.8) is 0 Å². The third kappa shape index (κ3) is 3.36. The normalized spacial score (nSPS) is 11.6. The van der Waals surface area contributed by atoms with Crippen LogP contribution in [-0.2, 0) is 16.6 Å². The maximum Gasteiger partial charge on any atom is 0.268 e. The Morgan fingerprint density at radius 3 is 2.39 bits per heavy atom. The van der Waals surface area contributed by atoms with Crippen molar-refractivity contribution in [1.82, 2.24) is 14.6 Å². The van der Waals surface area contributed by atoms with Crippen LogP contribution in [-0.4, -0.2) is 23.0 Å². The van der Waals surface area contributed by atoms with Gasteiger partial charge in [0.05, 0.1) is 12.2 Å². The van der Waals surface area contributed by atoms with E-state index >= 15 is 0 Å². The van der Waals surface area contributed by atoms with Gasteiger partial charge in [0, 0.05) is 6.20 Å². The molecule has 0 radical (unpaired) electrons. The average molecular weight is 392 g/mol. The molecule has 2 aromatic carbocycles. The van der Waals surface area contributed by atoms with Gasteiger partial charge in [-0.25, -0.2) is 8.42 Å². The number of benzene rings is 2. The highest BCUT2D eigenvalue weighted by atomic mass is 32.2. The second kappa shape index (κ2) is 7.09. The van der Waals surface area contributed by atoms with Crippen LogP contribution in [0.1, 0.15) is 16.7 Å². The molecule has 28 heavy (non-hydrogen) atoms. The summed E-state index contributed by atoms with van der Waals surface area (Å²) in [6.07, 6.45) is 3.22. The van der Waals surface area contributed by atoms with E-state index < -0.39 is 10.0 Å². The summed E-state index contributed by atoms with van der Waals surface area (Å²) in [4.78, 5) is 0.127. The van der Waals surface area contributed by atoms with Crippen LogP contribution in [0, 0.1) is 13.8 Å². The molecule has 0 N–H and O–H groups in total. The van der Waals surface area contributed by atoms with Crippen LogP contribution in [0.15, 0.2) is 78.1 Å². The fourth-order valence-electron chi connectivity index (χ4n) is 3.30. The molecule has 0 aliphatic heterocycles.